The summed E-state index contributed by atoms with van der Waals surface area (Å²) in [7, 11) is 0. The van der Waals surface area contributed by atoms with Crippen LogP contribution in [0.25, 0.3) is 32.9 Å². The van der Waals surface area contributed by atoms with Crippen molar-refractivity contribution in [3.63, 3.8) is 0 Å². The molecule has 0 spiro atoms. The third-order valence-corrected chi connectivity index (χ3v) is 8.84. The molecule has 1 N–H and O–H groups in total. The Kier molecular flexibility index (Phi) is 5.70. The summed E-state index contributed by atoms with van der Waals surface area (Å²) < 4.78 is 1.22. The van der Waals surface area contributed by atoms with Crippen molar-refractivity contribution in [3.8, 4) is 11.1 Å². The molecule has 30 heavy (non-hydrogen) atoms. The third-order valence-electron chi connectivity index (χ3n) is 6.64. The molecule has 1 atom stereocenters. The first-order valence-corrected chi connectivity index (χ1v) is 13.0. The lowest BCUT2D eigenvalue weighted by molar-refractivity contribution is 0.563. The van der Waals surface area contributed by atoms with Crippen molar-refractivity contribution in [1.82, 2.24) is 4.98 Å². The van der Waals surface area contributed by atoms with Gasteiger partial charge in [0, 0.05) is 26.3 Å². The van der Waals surface area contributed by atoms with Gasteiger partial charge in [0.15, 0.2) is 0 Å². The highest BCUT2D eigenvalue weighted by atomic mass is 127. The van der Waals surface area contributed by atoms with Crippen LogP contribution in [0.1, 0.15) is 63.0 Å². The number of unbranched alkanes of at least 4 members (excludes halogenated alkanes) is 5. The van der Waals surface area contributed by atoms with Crippen LogP contribution in [-0.4, -0.2) is 4.98 Å². The molecular weight excluding hydrogens is 545 g/mol. The lowest BCUT2D eigenvalue weighted by atomic mass is 9.90. The second-order valence-corrected chi connectivity index (χ2v) is 11.4. The minimum Gasteiger partial charge on any atom is -0.354 e. The Morgan fingerprint density at radius 2 is 1.57 bits per heavy atom. The Morgan fingerprint density at radius 3 is 2.43 bits per heavy atom. The number of para-hydroxylation sites is 1. The molecule has 0 saturated carbocycles. The van der Waals surface area contributed by atoms with E-state index < -0.39 is 0 Å². The number of alkyl halides is 1. The molecule has 5 rings (SSSR count). The molecule has 0 amide bonds. The summed E-state index contributed by atoms with van der Waals surface area (Å²) in [5, 5.41) is 2.67. The van der Waals surface area contributed by atoms with Gasteiger partial charge in [0.2, 0.25) is 0 Å². The zero-order chi connectivity index (χ0) is 20.7. The average Bonchev–Trinajstić information content (AvgIpc) is 3.23. The first kappa shape index (κ1) is 20.6. The van der Waals surface area contributed by atoms with E-state index in [2.05, 4.69) is 105 Å². The normalized spacial score (nSPS) is 17.6. The number of hydrogen-bond acceptors (Lipinski definition) is 0. The van der Waals surface area contributed by atoms with Gasteiger partial charge in [-0.3, -0.25) is 0 Å². The highest BCUT2D eigenvalue weighted by Crippen LogP contribution is 2.57. The maximum Gasteiger partial charge on any atom is 0.0731 e. The summed E-state index contributed by atoms with van der Waals surface area (Å²) in [6.07, 6.45) is 9.23. The second-order valence-electron chi connectivity index (χ2n) is 8.62. The van der Waals surface area contributed by atoms with E-state index in [0.717, 1.165) is 0 Å². The highest BCUT2D eigenvalue weighted by molar-refractivity contribution is 14.1. The number of rotatable bonds is 7. The van der Waals surface area contributed by atoms with Crippen molar-refractivity contribution in [2.75, 3.05) is 0 Å². The van der Waals surface area contributed by atoms with Crippen LogP contribution in [0.2, 0.25) is 0 Å². The number of halogens is 2. The number of benzene rings is 3. The maximum absolute atomic E-state index is 3.73. The van der Waals surface area contributed by atoms with E-state index in [9.17, 15) is 0 Å². The standard InChI is InChI=1S/C27H27BrIN/c1-2-3-4-5-6-9-14-27(29)23-15-18(28)12-13-19(23)21-17-26-22(16-24(21)27)20-10-7-8-11-25(20)30-26/h7-8,10-13,15-17,30H,2-6,9,14H2,1H3. The molecule has 0 bridgehead atoms. The smallest absolute Gasteiger partial charge is 0.0731 e. The Hall–Kier alpha value is -1.33. The molecule has 1 aromatic heterocycles. The summed E-state index contributed by atoms with van der Waals surface area (Å²) in [6.45, 7) is 2.29. The van der Waals surface area contributed by atoms with Gasteiger partial charge in [0.1, 0.15) is 0 Å². The van der Waals surface area contributed by atoms with Crippen molar-refractivity contribution in [3.05, 3.63) is 70.2 Å². The van der Waals surface area contributed by atoms with Crippen LogP contribution in [0.15, 0.2) is 59.1 Å². The first-order valence-electron chi connectivity index (χ1n) is 11.2. The van der Waals surface area contributed by atoms with Gasteiger partial charge in [0.25, 0.3) is 0 Å². The van der Waals surface area contributed by atoms with Crippen molar-refractivity contribution >= 4 is 60.3 Å². The molecule has 0 saturated heterocycles. The van der Waals surface area contributed by atoms with Gasteiger partial charge in [-0.2, -0.15) is 0 Å². The largest absolute Gasteiger partial charge is 0.354 e. The quantitative estimate of drug-likeness (QED) is 0.129. The Labute approximate surface area is 200 Å². The van der Waals surface area contributed by atoms with E-state index >= 15 is 0 Å². The molecule has 1 aliphatic rings. The Morgan fingerprint density at radius 1 is 0.800 bits per heavy atom. The van der Waals surface area contributed by atoms with E-state index in [1.54, 1.807) is 0 Å². The summed E-state index contributed by atoms with van der Waals surface area (Å²) >= 11 is 6.49. The fraction of sp³-hybridized carbons (Fsp3) is 0.333. The zero-order valence-corrected chi connectivity index (χ0v) is 21.1. The van der Waals surface area contributed by atoms with Gasteiger partial charge in [0.05, 0.1) is 3.42 Å². The fourth-order valence-corrected chi connectivity index (χ4v) is 6.73. The molecule has 3 aromatic carbocycles. The molecule has 1 unspecified atom stereocenters. The second kappa shape index (κ2) is 8.31. The Balaban J connectivity index is 1.59. The molecule has 1 aliphatic carbocycles. The Bertz CT molecular complexity index is 1220. The molecule has 1 nitrogen and oxygen atoms in total. The lowest BCUT2D eigenvalue weighted by Gasteiger charge is -2.26. The summed E-state index contributed by atoms with van der Waals surface area (Å²) in [6, 6.07) is 20.4. The summed E-state index contributed by atoms with van der Waals surface area (Å²) in [5.41, 5.74) is 8.22. The van der Waals surface area contributed by atoms with Crippen molar-refractivity contribution in [2.24, 2.45) is 0 Å². The lowest BCUT2D eigenvalue weighted by Crippen LogP contribution is -2.16. The summed E-state index contributed by atoms with van der Waals surface area (Å²) in [4.78, 5) is 3.64. The minimum absolute atomic E-state index is 0.0452. The van der Waals surface area contributed by atoms with Crippen LogP contribution in [-0.2, 0) is 3.42 Å². The molecule has 0 fully saturated rings. The molecule has 1 heterocycles. The molecule has 0 aliphatic heterocycles. The van der Waals surface area contributed by atoms with Gasteiger partial charge in [-0.1, -0.05) is 108 Å². The first-order chi connectivity index (χ1) is 14.6. The van der Waals surface area contributed by atoms with Gasteiger partial charge < -0.3 is 4.98 Å². The maximum atomic E-state index is 3.73. The number of nitrogens with one attached hydrogen (secondary N) is 1. The number of hydrogen-bond donors (Lipinski definition) is 1. The van der Waals surface area contributed by atoms with Crippen LogP contribution >= 0.6 is 38.5 Å². The van der Waals surface area contributed by atoms with E-state index in [1.165, 1.54) is 93.5 Å². The third kappa shape index (κ3) is 3.42. The number of aromatic nitrogens is 1. The van der Waals surface area contributed by atoms with Crippen LogP contribution in [0, 0.1) is 0 Å². The molecule has 0 radical (unpaired) electrons. The van der Waals surface area contributed by atoms with Gasteiger partial charge in [-0.15, -0.1) is 0 Å². The van der Waals surface area contributed by atoms with E-state index in [4.69, 9.17) is 0 Å². The van der Waals surface area contributed by atoms with E-state index in [0.29, 0.717) is 0 Å². The number of H-pyrrole nitrogens is 1. The van der Waals surface area contributed by atoms with Crippen molar-refractivity contribution < 1.29 is 0 Å². The van der Waals surface area contributed by atoms with Crippen molar-refractivity contribution in [2.45, 2.75) is 55.3 Å². The van der Waals surface area contributed by atoms with Gasteiger partial charge in [-0.05, 0) is 59.0 Å². The van der Waals surface area contributed by atoms with E-state index in [1.807, 2.05) is 0 Å². The van der Waals surface area contributed by atoms with Crippen LogP contribution in [0.5, 0.6) is 0 Å². The minimum atomic E-state index is 0.0452. The van der Waals surface area contributed by atoms with Crippen LogP contribution in [0.3, 0.4) is 0 Å². The molecule has 4 aromatic rings. The van der Waals surface area contributed by atoms with Gasteiger partial charge >= 0.3 is 0 Å². The van der Waals surface area contributed by atoms with Crippen molar-refractivity contribution in [1.29, 1.82) is 0 Å². The predicted octanol–water partition coefficient (Wildman–Crippen LogP) is 9.49. The van der Waals surface area contributed by atoms with Crippen LogP contribution in [0.4, 0.5) is 0 Å². The fourth-order valence-electron chi connectivity index (χ4n) is 5.09. The predicted molar refractivity (Wildman–Crippen MR) is 142 cm³/mol. The van der Waals surface area contributed by atoms with E-state index in [-0.39, 0.29) is 3.42 Å². The topological polar surface area (TPSA) is 15.8 Å². The monoisotopic (exact) mass is 571 g/mol. The number of fused-ring (bicyclic) bond motifs is 6. The zero-order valence-electron chi connectivity index (χ0n) is 17.4. The molecule has 3 heteroatoms. The molecular formula is C27H27BrIN. The number of aromatic amines is 1. The van der Waals surface area contributed by atoms with Crippen LogP contribution < -0.4 is 0 Å². The van der Waals surface area contributed by atoms with Gasteiger partial charge in [-0.25, -0.2) is 0 Å². The molecule has 154 valence electrons. The highest BCUT2D eigenvalue weighted by Gasteiger charge is 2.41. The SMILES string of the molecule is CCCCCCCCC1(I)c2cc(Br)ccc2-c2cc3[nH]c4ccccc4c3cc21. The average molecular weight is 572 g/mol. The summed E-state index contributed by atoms with van der Waals surface area (Å²) in [5.74, 6) is 0.